The summed E-state index contributed by atoms with van der Waals surface area (Å²) < 4.78 is 0. The van der Waals surface area contributed by atoms with Crippen LogP contribution in [0.3, 0.4) is 0 Å². The van der Waals surface area contributed by atoms with Gasteiger partial charge in [0.2, 0.25) is 0 Å². The van der Waals surface area contributed by atoms with E-state index in [-0.39, 0.29) is 0 Å². The van der Waals surface area contributed by atoms with Gasteiger partial charge in [-0.05, 0) is 55.9 Å². The lowest BCUT2D eigenvalue weighted by atomic mass is 9.97. The first-order chi connectivity index (χ1) is 22.8. The summed E-state index contributed by atoms with van der Waals surface area (Å²) in [6.07, 6.45) is 1.87. The van der Waals surface area contributed by atoms with Gasteiger partial charge in [-0.15, -0.1) is 0 Å². The standard InChI is InChI=1S/C42H26N4/c1-2-11-31-25-33(22-17-27(31)9-1)41-44-40(30-20-18-29(19-21-30)39-35-14-6-3-10-28(35)23-24-43-39)45-42(46-41)38-26-32-12-4-5-13-34(32)36-15-7-8-16-37(36)38/h1-26H. The maximum Gasteiger partial charge on any atom is 0.164 e. The first-order valence-corrected chi connectivity index (χ1v) is 15.4. The Kier molecular flexibility index (Phi) is 6.10. The number of fused-ring (bicyclic) bond motifs is 5. The predicted molar refractivity (Wildman–Crippen MR) is 189 cm³/mol. The minimum absolute atomic E-state index is 0.628. The van der Waals surface area contributed by atoms with Crippen molar-refractivity contribution in [3.05, 3.63) is 158 Å². The number of hydrogen-bond donors (Lipinski definition) is 0. The number of benzene rings is 7. The maximum atomic E-state index is 5.13. The third-order valence-corrected chi connectivity index (χ3v) is 8.74. The zero-order chi connectivity index (χ0) is 30.5. The molecule has 0 fully saturated rings. The van der Waals surface area contributed by atoms with Crippen LogP contribution < -0.4 is 0 Å². The van der Waals surface area contributed by atoms with Gasteiger partial charge in [-0.3, -0.25) is 4.98 Å². The van der Waals surface area contributed by atoms with Crippen LogP contribution in [0.4, 0.5) is 0 Å². The van der Waals surface area contributed by atoms with Crippen LogP contribution in [0.2, 0.25) is 0 Å². The number of rotatable bonds is 4. The molecule has 0 aliphatic carbocycles. The van der Waals surface area contributed by atoms with E-state index in [1.807, 2.05) is 12.3 Å². The average molecular weight is 587 g/mol. The monoisotopic (exact) mass is 586 g/mol. The molecule has 0 N–H and O–H groups in total. The second-order valence-corrected chi connectivity index (χ2v) is 11.5. The summed E-state index contributed by atoms with van der Waals surface area (Å²) in [5.74, 6) is 1.92. The fourth-order valence-electron chi connectivity index (χ4n) is 6.45. The van der Waals surface area contributed by atoms with Crippen LogP contribution in [-0.4, -0.2) is 19.9 Å². The number of aromatic nitrogens is 4. The van der Waals surface area contributed by atoms with E-state index in [2.05, 4.69) is 146 Å². The van der Waals surface area contributed by atoms with Gasteiger partial charge >= 0.3 is 0 Å². The molecule has 0 saturated carbocycles. The van der Waals surface area contributed by atoms with Crippen molar-refractivity contribution in [2.45, 2.75) is 0 Å². The molecule has 4 nitrogen and oxygen atoms in total. The van der Waals surface area contributed by atoms with Crippen molar-refractivity contribution >= 4 is 43.1 Å². The quantitative estimate of drug-likeness (QED) is 0.193. The van der Waals surface area contributed by atoms with E-state index >= 15 is 0 Å². The lowest BCUT2D eigenvalue weighted by Gasteiger charge is -2.13. The third kappa shape index (κ3) is 4.47. The largest absolute Gasteiger partial charge is 0.256 e. The van der Waals surface area contributed by atoms with Crippen LogP contribution in [0, 0.1) is 0 Å². The average Bonchev–Trinajstić information content (AvgIpc) is 3.14. The van der Waals surface area contributed by atoms with E-state index in [1.165, 1.54) is 21.5 Å². The molecule has 4 heteroatoms. The van der Waals surface area contributed by atoms with Crippen molar-refractivity contribution in [3.8, 4) is 45.4 Å². The summed E-state index contributed by atoms with van der Waals surface area (Å²) in [4.78, 5) is 20.1. The van der Waals surface area contributed by atoms with Crippen molar-refractivity contribution < 1.29 is 0 Å². The highest BCUT2D eigenvalue weighted by Crippen LogP contribution is 2.36. The molecule has 0 aliphatic heterocycles. The Hall–Kier alpha value is -6.26. The first-order valence-electron chi connectivity index (χ1n) is 15.4. The van der Waals surface area contributed by atoms with Gasteiger partial charge in [-0.1, -0.05) is 133 Å². The van der Waals surface area contributed by atoms with E-state index in [0.717, 1.165) is 49.5 Å². The Balaban J connectivity index is 1.24. The number of pyridine rings is 1. The molecule has 2 aromatic heterocycles. The molecule has 0 bridgehead atoms. The minimum Gasteiger partial charge on any atom is -0.256 e. The second kappa shape index (κ2) is 10.7. The summed E-state index contributed by atoms with van der Waals surface area (Å²) in [5, 5.41) is 9.27. The summed E-state index contributed by atoms with van der Waals surface area (Å²) in [7, 11) is 0. The third-order valence-electron chi connectivity index (χ3n) is 8.74. The summed E-state index contributed by atoms with van der Waals surface area (Å²) in [6, 6.07) is 52.7. The molecule has 2 heterocycles. The zero-order valence-corrected chi connectivity index (χ0v) is 24.8. The van der Waals surface area contributed by atoms with Gasteiger partial charge in [0.05, 0.1) is 5.69 Å². The molecule has 9 rings (SSSR count). The predicted octanol–water partition coefficient (Wildman–Crippen LogP) is 10.5. The smallest absolute Gasteiger partial charge is 0.164 e. The Morgan fingerprint density at radius 2 is 0.891 bits per heavy atom. The Labute approximate surface area is 265 Å². The van der Waals surface area contributed by atoms with Gasteiger partial charge in [0.25, 0.3) is 0 Å². The Bertz CT molecular complexity index is 2580. The molecule has 9 aromatic rings. The zero-order valence-electron chi connectivity index (χ0n) is 24.8. The molecule has 0 amide bonds. The highest BCUT2D eigenvalue weighted by molar-refractivity contribution is 6.13. The number of hydrogen-bond acceptors (Lipinski definition) is 4. The lowest BCUT2D eigenvalue weighted by molar-refractivity contribution is 1.08. The van der Waals surface area contributed by atoms with E-state index < -0.39 is 0 Å². The van der Waals surface area contributed by atoms with Crippen LogP contribution in [0.25, 0.3) is 88.5 Å². The molecule has 214 valence electrons. The van der Waals surface area contributed by atoms with Gasteiger partial charge in [-0.2, -0.15) is 0 Å². The van der Waals surface area contributed by atoms with Gasteiger partial charge in [0.15, 0.2) is 17.5 Å². The Morgan fingerprint density at radius 3 is 1.70 bits per heavy atom. The van der Waals surface area contributed by atoms with Crippen LogP contribution in [-0.2, 0) is 0 Å². The maximum absolute atomic E-state index is 5.13. The molecule has 0 radical (unpaired) electrons. The van der Waals surface area contributed by atoms with Crippen LogP contribution in [0.5, 0.6) is 0 Å². The summed E-state index contributed by atoms with van der Waals surface area (Å²) in [6.45, 7) is 0. The lowest BCUT2D eigenvalue weighted by Crippen LogP contribution is -2.01. The SMILES string of the molecule is c1ccc2cc(-c3nc(-c4ccc(-c5nccc6ccccc56)cc4)nc(-c4cc5ccccc5c5ccccc45)n3)ccc2c1. The molecule has 0 spiro atoms. The van der Waals surface area contributed by atoms with Crippen molar-refractivity contribution in [1.82, 2.24) is 19.9 Å². The summed E-state index contributed by atoms with van der Waals surface area (Å²) >= 11 is 0. The Morgan fingerprint density at radius 1 is 0.326 bits per heavy atom. The van der Waals surface area contributed by atoms with Gasteiger partial charge < -0.3 is 0 Å². The molecule has 46 heavy (non-hydrogen) atoms. The van der Waals surface area contributed by atoms with E-state index in [9.17, 15) is 0 Å². The molecular formula is C42H26N4. The fourth-order valence-corrected chi connectivity index (χ4v) is 6.45. The van der Waals surface area contributed by atoms with Crippen LogP contribution in [0.1, 0.15) is 0 Å². The van der Waals surface area contributed by atoms with Crippen molar-refractivity contribution in [3.63, 3.8) is 0 Å². The van der Waals surface area contributed by atoms with Gasteiger partial charge in [-0.25, -0.2) is 15.0 Å². The fraction of sp³-hybridized carbons (Fsp3) is 0. The highest BCUT2D eigenvalue weighted by Gasteiger charge is 2.16. The molecule has 7 aromatic carbocycles. The van der Waals surface area contributed by atoms with Crippen LogP contribution in [0.15, 0.2) is 158 Å². The molecule has 0 saturated heterocycles. The van der Waals surface area contributed by atoms with E-state index in [1.54, 1.807) is 0 Å². The van der Waals surface area contributed by atoms with Crippen molar-refractivity contribution in [2.75, 3.05) is 0 Å². The molecule has 0 unspecified atom stereocenters. The second-order valence-electron chi connectivity index (χ2n) is 11.5. The molecule has 0 aliphatic rings. The van der Waals surface area contributed by atoms with E-state index in [0.29, 0.717) is 17.5 Å². The molecular weight excluding hydrogens is 560 g/mol. The highest BCUT2D eigenvalue weighted by atomic mass is 15.0. The van der Waals surface area contributed by atoms with Crippen molar-refractivity contribution in [2.24, 2.45) is 0 Å². The topological polar surface area (TPSA) is 51.6 Å². The van der Waals surface area contributed by atoms with Gasteiger partial charge in [0.1, 0.15) is 0 Å². The van der Waals surface area contributed by atoms with Gasteiger partial charge in [0, 0.05) is 33.8 Å². The van der Waals surface area contributed by atoms with Crippen LogP contribution >= 0.6 is 0 Å². The summed E-state index contributed by atoms with van der Waals surface area (Å²) in [5.41, 5.74) is 4.85. The van der Waals surface area contributed by atoms with E-state index in [4.69, 9.17) is 19.9 Å². The minimum atomic E-state index is 0.628. The first kappa shape index (κ1) is 26.2. The van der Waals surface area contributed by atoms with Crippen molar-refractivity contribution in [1.29, 1.82) is 0 Å². The number of nitrogens with zero attached hydrogens (tertiary/aromatic N) is 4. The molecule has 0 atom stereocenters. The normalized spacial score (nSPS) is 11.5.